The predicted molar refractivity (Wildman–Crippen MR) is 107 cm³/mol. The van der Waals surface area contributed by atoms with Crippen LogP contribution < -0.4 is 26.4 Å². The Kier molecular flexibility index (Phi) is 4.23. The average molecular weight is 378 g/mol. The third kappa shape index (κ3) is 2.84. The van der Waals surface area contributed by atoms with Crippen molar-refractivity contribution in [3.05, 3.63) is 75.1 Å². The summed E-state index contributed by atoms with van der Waals surface area (Å²) in [4.78, 5) is 29.7. The lowest BCUT2D eigenvalue weighted by molar-refractivity contribution is 0.354. The van der Waals surface area contributed by atoms with E-state index in [2.05, 4.69) is 4.98 Å². The van der Waals surface area contributed by atoms with Crippen LogP contribution in [-0.2, 0) is 6.54 Å². The lowest BCUT2D eigenvalue weighted by Gasteiger charge is -2.11. The molecule has 0 saturated carbocycles. The maximum atomic E-state index is 13.0. The van der Waals surface area contributed by atoms with E-state index in [1.54, 1.807) is 49.2 Å². The standard InChI is InChI=1S/C20H18N4O4/c1-27-17-4-3-12(9-18(17)28-2)11-23-7-5-15-13(19(23)25)10-14-16(22-15)6-8-24(21)20(14)26/h3-10H,11,21H2,1-2H3. The van der Waals surface area contributed by atoms with Crippen LogP contribution in [0.15, 0.2) is 58.4 Å². The molecule has 3 aromatic heterocycles. The molecule has 0 saturated heterocycles. The Labute approximate surface area is 159 Å². The molecule has 28 heavy (non-hydrogen) atoms. The van der Waals surface area contributed by atoms with E-state index < -0.39 is 5.56 Å². The lowest BCUT2D eigenvalue weighted by atomic mass is 10.1. The van der Waals surface area contributed by atoms with Crippen LogP contribution in [-0.4, -0.2) is 28.4 Å². The van der Waals surface area contributed by atoms with Crippen molar-refractivity contribution in [3.63, 3.8) is 0 Å². The topological polar surface area (TPSA) is 101 Å². The number of rotatable bonds is 4. The number of aromatic nitrogens is 3. The summed E-state index contributed by atoms with van der Waals surface area (Å²) in [5.74, 6) is 6.83. The van der Waals surface area contributed by atoms with Crippen LogP contribution in [0.2, 0.25) is 0 Å². The molecule has 142 valence electrons. The van der Waals surface area contributed by atoms with Crippen LogP contribution in [0.25, 0.3) is 21.8 Å². The lowest BCUT2D eigenvalue weighted by Crippen LogP contribution is -2.27. The zero-order chi connectivity index (χ0) is 19.8. The van der Waals surface area contributed by atoms with Crippen LogP contribution in [0, 0.1) is 0 Å². The molecule has 0 unspecified atom stereocenters. The Morgan fingerprint density at radius 2 is 1.57 bits per heavy atom. The number of hydrogen-bond acceptors (Lipinski definition) is 6. The number of fused-ring (bicyclic) bond motifs is 2. The summed E-state index contributed by atoms with van der Waals surface area (Å²) in [6, 6.07) is 10.4. The quantitative estimate of drug-likeness (QED) is 0.426. The summed E-state index contributed by atoms with van der Waals surface area (Å²) in [6.45, 7) is 0.336. The van der Waals surface area contributed by atoms with Gasteiger partial charge in [0.05, 0.1) is 42.6 Å². The van der Waals surface area contributed by atoms with Crippen LogP contribution >= 0.6 is 0 Å². The monoisotopic (exact) mass is 378 g/mol. The average Bonchev–Trinajstić information content (AvgIpc) is 2.72. The van der Waals surface area contributed by atoms with Gasteiger partial charge in [-0.15, -0.1) is 0 Å². The zero-order valence-corrected chi connectivity index (χ0v) is 15.4. The molecule has 1 aromatic carbocycles. The predicted octanol–water partition coefficient (Wildman–Crippen LogP) is 1.49. The van der Waals surface area contributed by atoms with Gasteiger partial charge in [0.15, 0.2) is 11.5 Å². The molecule has 0 spiro atoms. The molecular formula is C20H18N4O4. The van der Waals surface area contributed by atoms with Crippen molar-refractivity contribution in [1.82, 2.24) is 14.2 Å². The Hall–Kier alpha value is -3.81. The molecule has 0 atom stereocenters. The zero-order valence-electron chi connectivity index (χ0n) is 15.4. The van der Waals surface area contributed by atoms with Crippen molar-refractivity contribution < 1.29 is 9.47 Å². The molecule has 4 aromatic rings. The van der Waals surface area contributed by atoms with Gasteiger partial charge in [0.2, 0.25) is 0 Å². The molecule has 0 aliphatic carbocycles. The van der Waals surface area contributed by atoms with E-state index in [0.717, 1.165) is 10.2 Å². The SMILES string of the molecule is COc1ccc(Cn2ccc3nc4ccn(N)c(=O)c4cc3c2=O)cc1OC. The van der Waals surface area contributed by atoms with Crippen molar-refractivity contribution >= 4 is 21.8 Å². The second-order valence-electron chi connectivity index (χ2n) is 6.32. The van der Waals surface area contributed by atoms with E-state index in [9.17, 15) is 9.59 Å². The Balaban J connectivity index is 1.83. The number of ether oxygens (including phenoxy) is 2. The Morgan fingerprint density at radius 3 is 2.29 bits per heavy atom. The summed E-state index contributed by atoms with van der Waals surface area (Å²) in [6.07, 6.45) is 3.13. The van der Waals surface area contributed by atoms with Crippen LogP contribution in [0.5, 0.6) is 11.5 Å². The second-order valence-corrected chi connectivity index (χ2v) is 6.32. The van der Waals surface area contributed by atoms with Crippen molar-refractivity contribution in [2.45, 2.75) is 6.54 Å². The van der Waals surface area contributed by atoms with Crippen molar-refractivity contribution in [1.29, 1.82) is 0 Å². The van der Waals surface area contributed by atoms with Gasteiger partial charge >= 0.3 is 0 Å². The minimum Gasteiger partial charge on any atom is -0.493 e. The van der Waals surface area contributed by atoms with Gasteiger partial charge in [0.25, 0.3) is 11.1 Å². The third-order valence-electron chi connectivity index (χ3n) is 4.64. The summed E-state index contributed by atoms with van der Waals surface area (Å²) in [7, 11) is 3.13. The number of nitrogen functional groups attached to an aromatic ring is 1. The summed E-state index contributed by atoms with van der Waals surface area (Å²) in [5.41, 5.74) is 1.25. The number of hydrogen-bond donors (Lipinski definition) is 1. The largest absolute Gasteiger partial charge is 0.493 e. The third-order valence-corrected chi connectivity index (χ3v) is 4.64. The van der Waals surface area contributed by atoms with E-state index in [1.807, 2.05) is 12.1 Å². The highest BCUT2D eigenvalue weighted by molar-refractivity contribution is 5.91. The van der Waals surface area contributed by atoms with Crippen molar-refractivity contribution in [2.24, 2.45) is 0 Å². The van der Waals surface area contributed by atoms with E-state index >= 15 is 0 Å². The van der Waals surface area contributed by atoms with Gasteiger partial charge in [-0.25, -0.2) is 9.66 Å². The molecule has 0 bridgehead atoms. The summed E-state index contributed by atoms with van der Waals surface area (Å²) < 4.78 is 13.1. The molecule has 3 heterocycles. The fourth-order valence-electron chi connectivity index (χ4n) is 3.18. The highest BCUT2D eigenvalue weighted by Gasteiger charge is 2.11. The normalized spacial score (nSPS) is 11.1. The first kappa shape index (κ1) is 17.6. The number of pyridine rings is 3. The number of benzene rings is 1. The van der Waals surface area contributed by atoms with Crippen molar-refractivity contribution in [2.75, 3.05) is 20.1 Å². The summed E-state index contributed by atoms with van der Waals surface area (Å²) in [5, 5.41) is 0.664. The van der Waals surface area contributed by atoms with Gasteiger partial charge in [-0.2, -0.15) is 0 Å². The molecule has 0 aliphatic heterocycles. The van der Waals surface area contributed by atoms with Gasteiger partial charge in [0, 0.05) is 12.4 Å². The van der Waals surface area contributed by atoms with Crippen LogP contribution in [0.4, 0.5) is 0 Å². The van der Waals surface area contributed by atoms with Gasteiger partial charge in [0.1, 0.15) is 0 Å². The molecular weight excluding hydrogens is 360 g/mol. The van der Waals surface area contributed by atoms with E-state index in [1.165, 1.54) is 6.20 Å². The van der Waals surface area contributed by atoms with Crippen molar-refractivity contribution in [3.8, 4) is 11.5 Å². The minimum atomic E-state index is -0.401. The molecule has 4 rings (SSSR count). The van der Waals surface area contributed by atoms with Gasteiger partial charge in [-0.3, -0.25) is 9.59 Å². The Bertz CT molecular complexity index is 1320. The van der Waals surface area contributed by atoms with E-state index in [-0.39, 0.29) is 5.56 Å². The molecule has 0 amide bonds. The maximum absolute atomic E-state index is 13.0. The second kappa shape index (κ2) is 6.73. The maximum Gasteiger partial charge on any atom is 0.278 e. The molecule has 0 radical (unpaired) electrons. The summed E-state index contributed by atoms with van der Waals surface area (Å²) >= 11 is 0. The number of nitrogens with zero attached hydrogens (tertiary/aromatic N) is 3. The highest BCUT2D eigenvalue weighted by Crippen LogP contribution is 2.27. The fraction of sp³-hybridized carbons (Fsp3) is 0.150. The molecule has 8 nitrogen and oxygen atoms in total. The molecule has 8 heteroatoms. The molecule has 2 N–H and O–H groups in total. The molecule has 0 fully saturated rings. The van der Waals surface area contributed by atoms with E-state index in [0.29, 0.717) is 39.8 Å². The highest BCUT2D eigenvalue weighted by atomic mass is 16.5. The number of nitrogens with two attached hydrogens (primary N) is 1. The first-order valence-corrected chi connectivity index (χ1v) is 8.53. The van der Waals surface area contributed by atoms with Crippen LogP contribution in [0.1, 0.15) is 5.56 Å². The minimum absolute atomic E-state index is 0.242. The van der Waals surface area contributed by atoms with Crippen LogP contribution in [0.3, 0.4) is 0 Å². The number of methoxy groups -OCH3 is 2. The van der Waals surface area contributed by atoms with Gasteiger partial charge in [-0.05, 0) is 35.9 Å². The Morgan fingerprint density at radius 1 is 0.893 bits per heavy atom. The van der Waals surface area contributed by atoms with Gasteiger partial charge in [-0.1, -0.05) is 6.07 Å². The first-order chi connectivity index (χ1) is 13.5. The van der Waals surface area contributed by atoms with Gasteiger partial charge < -0.3 is 19.9 Å². The first-order valence-electron chi connectivity index (χ1n) is 8.53. The van der Waals surface area contributed by atoms with E-state index in [4.69, 9.17) is 15.3 Å². The molecule has 0 aliphatic rings. The fourth-order valence-corrected chi connectivity index (χ4v) is 3.18. The smallest absolute Gasteiger partial charge is 0.278 e.